The molecule has 0 aliphatic carbocycles. The molecule has 0 aliphatic rings. The lowest BCUT2D eigenvalue weighted by Gasteiger charge is -2.22. The Morgan fingerprint density at radius 2 is 1.60 bits per heavy atom. The van der Waals surface area contributed by atoms with Crippen LogP contribution in [-0.4, -0.2) is 17.0 Å². The number of hydrogen-bond donors (Lipinski definition) is 2. The summed E-state index contributed by atoms with van der Waals surface area (Å²) in [5.41, 5.74) is 0.0313. The van der Waals surface area contributed by atoms with E-state index in [1.165, 1.54) is 0 Å². The molecule has 2 N–H and O–H groups in total. The molecule has 1 aromatic rings. The summed E-state index contributed by atoms with van der Waals surface area (Å²) in [6.45, 7) is 9.07. The number of carbonyl (C=O) groups is 2. The van der Waals surface area contributed by atoms with Gasteiger partial charge in [0.05, 0.1) is 5.41 Å². The standard InChI is InChI=1S/C16H23NO3/c1-6-15(2,3)13(18)17-12-9-7-11(8-10-12)16(4,5)14(19)20/h7-10H,6H2,1-5H3,(H,17,18)(H,19,20). The molecule has 0 fully saturated rings. The van der Waals surface area contributed by atoms with Gasteiger partial charge in [-0.2, -0.15) is 0 Å². The molecule has 110 valence electrons. The van der Waals surface area contributed by atoms with Crippen LogP contribution in [0.2, 0.25) is 0 Å². The Morgan fingerprint density at radius 3 is 2.00 bits per heavy atom. The third kappa shape index (κ3) is 3.38. The molecule has 20 heavy (non-hydrogen) atoms. The van der Waals surface area contributed by atoms with E-state index >= 15 is 0 Å². The second kappa shape index (κ2) is 5.65. The lowest BCUT2D eigenvalue weighted by atomic mass is 9.85. The number of anilines is 1. The number of carboxylic acid groups (broad SMARTS) is 1. The third-order valence-corrected chi connectivity index (χ3v) is 3.90. The van der Waals surface area contributed by atoms with Crippen molar-refractivity contribution in [2.24, 2.45) is 5.41 Å². The Kier molecular flexibility index (Phi) is 4.58. The Bertz CT molecular complexity index is 501. The fourth-order valence-corrected chi connectivity index (χ4v) is 1.55. The maximum atomic E-state index is 12.1. The van der Waals surface area contributed by atoms with Crippen molar-refractivity contribution < 1.29 is 14.7 Å². The summed E-state index contributed by atoms with van der Waals surface area (Å²) in [5.74, 6) is -0.911. The molecule has 1 amide bonds. The summed E-state index contributed by atoms with van der Waals surface area (Å²) < 4.78 is 0. The molecule has 0 aliphatic heterocycles. The smallest absolute Gasteiger partial charge is 0.313 e. The van der Waals surface area contributed by atoms with Crippen LogP contribution in [0.25, 0.3) is 0 Å². The van der Waals surface area contributed by atoms with Crippen molar-refractivity contribution in [3.63, 3.8) is 0 Å². The first-order chi connectivity index (χ1) is 9.11. The van der Waals surface area contributed by atoms with E-state index in [2.05, 4.69) is 5.32 Å². The van der Waals surface area contributed by atoms with Crippen molar-refractivity contribution in [1.82, 2.24) is 0 Å². The molecule has 4 nitrogen and oxygen atoms in total. The molecule has 0 bridgehead atoms. The van der Waals surface area contributed by atoms with Crippen molar-refractivity contribution in [2.75, 3.05) is 5.32 Å². The Labute approximate surface area is 120 Å². The minimum Gasteiger partial charge on any atom is -0.481 e. The van der Waals surface area contributed by atoms with Crippen LogP contribution in [0.4, 0.5) is 5.69 Å². The highest BCUT2D eigenvalue weighted by Crippen LogP contribution is 2.26. The van der Waals surface area contributed by atoms with Gasteiger partial charge >= 0.3 is 5.97 Å². The fourth-order valence-electron chi connectivity index (χ4n) is 1.55. The summed E-state index contributed by atoms with van der Waals surface area (Å²) in [6.07, 6.45) is 0.753. The zero-order valence-corrected chi connectivity index (χ0v) is 12.8. The summed E-state index contributed by atoms with van der Waals surface area (Å²) in [7, 11) is 0. The first-order valence-corrected chi connectivity index (χ1v) is 6.76. The highest BCUT2D eigenvalue weighted by Gasteiger charge is 2.29. The molecule has 0 aromatic heterocycles. The average Bonchev–Trinajstić information content (AvgIpc) is 2.39. The van der Waals surface area contributed by atoms with Crippen molar-refractivity contribution in [3.8, 4) is 0 Å². The van der Waals surface area contributed by atoms with Crippen LogP contribution in [0.1, 0.15) is 46.6 Å². The van der Waals surface area contributed by atoms with E-state index in [4.69, 9.17) is 0 Å². The SMILES string of the molecule is CCC(C)(C)C(=O)Nc1ccc(C(C)(C)C(=O)O)cc1. The molecule has 0 radical (unpaired) electrons. The highest BCUT2D eigenvalue weighted by atomic mass is 16.4. The number of rotatable bonds is 5. The topological polar surface area (TPSA) is 66.4 Å². The van der Waals surface area contributed by atoms with Crippen LogP contribution < -0.4 is 5.32 Å². The zero-order valence-electron chi connectivity index (χ0n) is 12.8. The van der Waals surface area contributed by atoms with E-state index in [0.717, 1.165) is 6.42 Å². The number of amides is 1. The van der Waals surface area contributed by atoms with E-state index in [1.807, 2.05) is 20.8 Å². The molecule has 1 rings (SSSR count). The first kappa shape index (κ1) is 16.2. The monoisotopic (exact) mass is 277 g/mol. The summed E-state index contributed by atoms with van der Waals surface area (Å²) in [6, 6.07) is 6.96. The van der Waals surface area contributed by atoms with Gasteiger partial charge in [-0.15, -0.1) is 0 Å². The van der Waals surface area contributed by atoms with Crippen molar-refractivity contribution in [1.29, 1.82) is 0 Å². The quantitative estimate of drug-likeness (QED) is 0.866. The summed E-state index contributed by atoms with van der Waals surface area (Å²) >= 11 is 0. The van der Waals surface area contributed by atoms with E-state index < -0.39 is 16.8 Å². The van der Waals surface area contributed by atoms with Gasteiger partial charge in [0.25, 0.3) is 0 Å². The van der Waals surface area contributed by atoms with Crippen molar-refractivity contribution in [3.05, 3.63) is 29.8 Å². The number of nitrogens with one attached hydrogen (secondary N) is 1. The minimum absolute atomic E-state index is 0.0368. The first-order valence-electron chi connectivity index (χ1n) is 6.76. The maximum Gasteiger partial charge on any atom is 0.313 e. The van der Waals surface area contributed by atoms with Crippen LogP contribution in [-0.2, 0) is 15.0 Å². The normalized spacial score (nSPS) is 12.1. The second-order valence-corrected chi connectivity index (χ2v) is 6.20. The van der Waals surface area contributed by atoms with E-state index in [0.29, 0.717) is 11.3 Å². The van der Waals surface area contributed by atoms with Gasteiger partial charge in [0.1, 0.15) is 0 Å². The number of hydrogen-bond acceptors (Lipinski definition) is 2. The van der Waals surface area contributed by atoms with E-state index in [9.17, 15) is 14.7 Å². The van der Waals surface area contributed by atoms with Crippen molar-refractivity contribution >= 4 is 17.6 Å². The Balaban J connectivity index is 2.88. The third-order valence-electron chi connectivity index (χ3n) is 3.90. The van der Waals surface area contributed by atoms with Crippen LogP contribution in [0.5, 0.6) is 0 Å². The highest BCUT2D eigenvalue weighted by molar-refractivity contribution is 5.94. The molecule has 0 unspecified atom stereocenters. The molecule has 0 spiro atoms. The van der Waals surface area contributed by atoms with Gasteiger partial charge in [-0.25, -0.2) is 0 Å². The largest absolute Gasteiger partial charge is 0.481 e. The van der Waals surface area contributed by atoms with E-state index in [1.54, 1.807) is 38.1 Å². The molecule has 0 heterocycles. The molecular weight excluding hydrogens is 254 g/mol. The van der Waals surface area contributed by atoms with E-state index in [-0.39, 0.29) is 5.91 Å². The van der Waals surface area contributed by atoms with Crippen LogP contribution in [0.15, 0.2) is 24.3 Å². The predicted molar refractivity (Wildman–Crippen MR) is 79.8 cm³/mol. The van der Waals surface area contributed by atoms with Gasteiger partial charge in [-0.05, 0) is 38.0 Å². The maximum absolute atomic E-state index is 12.1. The molecule has 0 saturated carbocycles. The van der Waals surface area contributed by atoms with Crippen LogP contribution in [0.3, 0.4) is 0 Å². The molecule has 0 saturated heterocycles. The lowest BCUT2D eigenvalue weighted by Crippen LogP contribution is -2.30. The number of carbonyl (C=O) groups excluding carboxylic acids is 1. The van der Waals surface area contributed by atoms with Gasteiger partial charge in [0.2, 0.25) is 5.91 Å². The molecule has 4 heteroatoms. The molecule has 0 atom stereocenters. The molecular formula is C16H23NO3. The molecule has 1 aromatic carbocycles. The minimum atomic E-state index is -0.939. The lowest BCUT2D eigenvalue weighted by molar-refractivity contribution is -0.142. The van der Waals surface area contributed by atoms with Crippen LogP contribution in [0, 0.1) is 5.41 Å². The number of carboxylic acids is 1. The fraction of sp³-hybridized carbons (Fsp3) is 0.500. The predicted octanol–water partition coefficient (Wildman–Crippen LogP) is 3.42. The Morgan fingerprint density at radius 1 is 1.10 bits per heavy atom. The van der Waals surface area contributed by atoms with Gasteiger partial charge in [-0.1, -0.05) is 32.9 Å². The van der Waals surface area contributed by atoms with Gasteiger partial charge in [-0.3, -0.25) is 9.59 Å². The second-order valence-electron chi connectivity index (χ2n) is 6.20. The van der Waals surface area contributed by atoms with Crippen molar-refractivity contribution in [2.45, 2.75) is 46.5 Å². The van der Waals surface area contributed by atoms with Crippen LogP contribution >= 0.6 is 0 Å². The van der Waals surface area contributed by atoms with Gasteiger partial charge < -0.3 is 10.4 Å². The summed E-state index contributed by atoms with van der Waals surface area (Å²) in [4.78, 5) is 23.2. The average molecular weight is 277 g/mol. The number of benzene rings is 1. The van der Waals surface area contributed by atoms with Gasteiger partial charge in [0.15, 0.2) is 0 Å². The number of aliphatic carboxylic acids is 1. The Hall–Kier alpha value is -1.84. The van der Waals surface area contributed by atoms with Gasteiger partial charge in [0, 0.05) is 11.1 Å². The zero-order chi connectivity index (χ0) is 15.6. The summed E-state index contributed by atoms with van der Waals surface area (Å²) in [5, 5.41) is 12.0.